The van der Waals surface area contributed by atoms with Gasteiger partial charge in [-0.2, -0.15) is 0 Å². The summed E-state index contributed by atoms with van der Waals surface area (Å²) in [4.78, 5) is 15.6. The van der Waals surface area contributed by atoms with Gasteiger partial charge in [-0.05, 0) is 81.0 Å². The fourth-order valence-electron chi connectivity index (χ4n) is 6.57. The number of halogens is 1. The number of amides is 2. The molecular formula is C28H36BrN3O4. The third kappa shape index (κ3) is 5.08. The molecule has 8 heteroatoms. The summed E-state index contributed by atoms with van der Waals surface area (Å²) in [5.74, 6) is 1.54. The molecule has 0 unspecified atom stereocenters. The van der Waals surface area contributed by atoms with Crippen molar-refractivity contribution in [1.29, 1.82) is 0 Å². The van der Waals surface area contributed by atoms with Crippen molar-refractivity contribution in [2.75, 3.05) is 39.3 Å². The highest BCUT2D eigenvalue weighted by Gasteiger charge is 2.53. The van der Waals surface area contributed by atoms with Gasteiger partial charge in [-0.3, -0.25) is 4.90 Å². The van der Waals surface area contributed by atoms with Crippen LogP contribution in [0.3, 0.4) is 0 Å². The van der Waals surface area contributed by atoms with Crippen LogP contribution in [0.4, 0.5) is 10.5 Å². The number of ether oxygens (including phenoxy) is 3. The quantitative estimate of drug-likeness (QED) is 0.502. The second-order valence-electron chi connectivity index (χ2n) is 10.2. The van der Waals surface area contributed by atoms with E-state index in [1.54, 1.807) is 14.2 Å². The second kappa shape index (κ2) is 11.0. The average molecular weight is 559 g/mol. The highest BCUT2D eigenvalue weighted by molar-refractivity contribution is 9.10. The number of fused-ring (bicyclic) bond motifs is 1. The van der Waals surface area contributed by atoms with Gasteiger partial charge in [0.1, 0.15) is 0 Å². The summed E-state index contributed by atoms with van der Waals surface area (Å²) in [5, 5.41) is 6.26. The van der Waals surface area contributed by atoms with Crippen LogP contribution < -0.4 is 20.1 Å². The Balaban J connectivity index is 1.37. The van der Waals surface area contributed by atoms with Crippen LogP contribution in [0.25, 0.3) is 0 Å². The molecule has 0 bridgehead atoms. The number of nitrogens with one attached hydrogen (secondary N) is 2. The number of benzene rings is 2. The molecule has 2 N–H and O–H groups in total. The predicted octanol–water partition coefficient (Wildman–Crippen LogP) is 5.33. The van der Waals surface area contributed by atoms with Gasteiger partial charge in [-0.15, -0.1) is 0 Å². The molecule has 3 atom stereocenters. The summed E-state index contributed by atoms with van der Waals surface area (Å²) in [6.45, 7) is 2.72. The average Bonchev–Trinajstić information content (AvgIpc) is 3.28. The minimum absolute atomic E-state index is 0.0385. The number of carbonyl (C=O) groups is 1. The Kier molecular flexibility index (Phi) is 7.74. The third-order valence-electron chi connectivity index (χ3n) is 8.34. The zero-order chi connectivity index (χ0) is 25.1. The Morgan fingerprint density at radius 1 is 1.06 bits per heavy atom. The number of hydrogen-bond acceptors (Lipinski definition) is 5. The zero-order valence-electron chi connectivity index (χ0n) is 21.1. The number of rotatable bonds is 6. The Hall–Kier alpha value is -2.29. The molecule has 3 fully saturated rings. The van der Waals surface area contributed by atoms with E-state index in [9.17, 15) is 4.79 Å². The van der Waals surface area contributed by atoms with Crippen LogP contribution in [0.2, 0.25) is 0 Å². The highest BCUT2D eigenvalue weighted by atomic mass is 79.9. The summed E-state index contributed by atoms with van der Waals surface area (Å²) in [7, 11) is 3.38. The number of methoxy groups -OCH3 is 2. The van der Waals surface area contributed by atoms with Gasteiger partial charge in [-0.1, -0.05) is 28.1 Å². The fraction of sp³-hybridized carbons (Fsp3) is 0.536. The van der Waals surface area contributed by atoms with Gasteiger partial charge in [0.2, 0.25) is 0 Å². The molecule has 0 spiro atoms. The van der Waals surface area contributed by atoms with Gasteiger partial charge in [0, 0.05) is 46.9 Å². The Bertz CT molecular complexity index is 1080. The van der Waals surface area contributed by atoms with E-state index in [2.05, 4.69) is 43.6 Å². The molecule has 3 aliphatic rings. The van der Waals surface area contributed by atoms with Gasteiger partial charge in [-0.25, -0.2) is 4.79 Å². The molecule has 2 aliphatic heterocycles. The van der Waals surface area contributed by atoms with Crippen LogP contribution in [-0.2, 0) is 10.2 Å². The lowest BCUT2D eigenvalue weighted by atomic mass is 9.65. The second-order valence-corrected chi connectivity index (χ2v) is 11.1. The molecule has 36 heavy (non-hydrogen) atoms. The molecular weight excluding hydrogens is 522 g/mol. The summed E-state index contributed by atoms with van der Waals surface area (Å²) < 4.78 is 17.8. The number of urea groups is 1. The van der Waals surface area contributed by atoms with E-state index < -0.39 is 0 Å². The van der Waals surface area contributed by atoms with E-state index >= 15 is 0 Å². The van der Waals surface area contributed by atoms with E-state index in [0.29, 0.717) is 12.1 Å². The van der Waals surface area contributed by atoms with Crippen molar-refractivity contribution in [3.05, 3.63) is 52.5 Å². The first-order valence-corrected chi connectivity index (χ1v) is 13.7. The molecule has 0 aromatic heterocycles. The zero-order valence-corrected chi connectivity index (χ0v) is 22.7. The number of hydrogen-bond donors (Lipinski definition) is 2. The van der Waals surface area contributed by atoms with Gasteiger partial charge in [0.15, 0.2) is 11.5 Å². The molecule has 1 saturated carbocycles. The van der Waals surface area contributed by atoms with Crippen LogP contribution in [0, 0.1) is 0 Å². The van der Waals surface area contributed by atoms with E-state index in [1.165, 1.54) is 5.56 Å². The number of anilines is 1. The Morgan fingerprint density at radius 2 is 1.86 bits per heavy atom. The van der Waals surface area contributed by atoms with Crippen molar-refractivity contribution < 1.29 is 19.0 Å². The van der Waals surface area contributed by atoms with Crippen LogP contribution in [0.1, 0.15) is 44.1 Å². The molecule has 2 heterocycles. The number of nitrogens with zero attached hydrogens (tertiary/aromatic N) is 1. The van der Waals surface area contributed by atoms with Crippen molar-refractivity contribution in [2.24, 2.45) is 0 Å². The smallest absolute Gasteiger partial charge is 0.319 e. The van der Waals surface area contributed by atoms with Crippen LogP contribution in [-0.4, -0.2) is 63.0 Å². The maximum atomic E-state index is 12.9. The monoisotopic (exact) mass is 557 g/mol. The molecule has 0 radical (unpaired) electrons. The van der Waals surface area contributed by atoms with Crippen LogP contribution in [0.5, 0.6) is 11.5 Å². The van der Waals surface area contributed by atoms with Crippen molar-refractivity contribution >= 4 is 27.6 Å². The lowest BCUT2D eigenvalue weighted by Crippen LogP contribution is -2.55. The maximum Gasteiger partial charge on any atom is 0.319 e. The van der Waals surface area contributed by atoms with Crippen molar-refractivity contribution in [2.45, 2.75) is 62.1 Å². The fourth-order valence-corrected chi connectivity index (χ4v) is 6.97. The summed E-state index contributed by atoms with van der Waals surface area (Å²) in [6.07, 6.45) is 6.14. The van der Waals surface area contributed by atoms with Crippen LogP contribution in [0.15, 0.2) is 46.9 Å². The first-order valence-electron chi connectivity index (χ1n) is 12.9. The molecule has 2 amide bonds. The largest absolute Gasteiger partial charge is 0.493 e. The first kappa shape index (κ1) is 25.4. The third-order valence-corrected chi connectivity index (χ3v) is 8.83. The normalized spacial score (nSPS) is 26.8. The lowest BCUT2D eigenvalue weighted by molar-refractivity contribution is 0.0143. The highest BCUT2D eigenvalue weighted by Crippen LogP contribution is 2.51. The minimum atomic E-state index is -0.146. The van der Waals surface area contributed by atoms with Gasteiger partial charge < -0.3 is 24.8 Å². The summed E-state index contributed by atoms with van der Waals surface area (Å²) in [6, 6.07) is 15.0. The summed E-state index contributed by atoms with van der Waals surface area (Å²) in [5.41, 5.74) is 2.13. The van der Waals surface area contributed by atoms with E-state index in [0.717, 1.165) is 79.9 Å². The van der Waals surface area contributed by atoms with Crippen molar-refractivity contribution in [3.63, 3.8) is 0 Å². The topological polar surface area (TPSA) is 72.1 Å². The number of carbonyl (C=O) groups excluding carboxylic acids is 1. The minimum Gasteiger partial charge on any atom is -0.493 e. The standard InChI is InChI=1S/C28H36BrN3O4/c1-34-24-7-6-19(16-25(24)35-2)28-11-8-22(31-27(33)30-21-5-3-4-20(29)17-21)18-26(28)32(13-12-28)23-9-14-36-15-10-23/h3-7,16-17,22-23,26H,8-15,18H2,1-2H3,(H2,30,31,33)/t22-,26+,28+/m1/s1. The van der Waals surface area contributed by atoms with Crippen molar-refractivity contribution in [1.82, 2.24) is 10.2 Å². The van der Waals surface area contributed by atoms with E-state index in [-0.39, 0.29) is 17.5 Å². The van der Waals surface area contributed by atoms with E-state index in [4.69, 9.17) is 14.2 Å². The molecule has 194 valence electrons. The lowest BCUT2D eigenvalue weighted by Gasteiger charge is -2.47. The number of likely N-dealkylation sites (tertiary alicyclic amines) is 1. The molecule has 2 saturated heterocycles. The SMILES string of the molecule is COc1ccc([C@@]23CC[C@@H](NC(=O)Nc4cccc(Br)c4)C[C@@H]2N(C2CCOCC2)CC3)cc1OC. The Morgan fingerprint density at radius 3 is 2.61 bits per heavy atom. The predicted molar refractivity (Wildman–Crippen MR) is 144 cm³/mol. The molecule has 2 aromatic rings. The van der Waals surface area contributed by atoms with Gasteiger partial charge >= 0.3 is 6.03 Å². The first-order chi connectivity index (χ1) is 17.5. The molecule has 5 rings (SSSR count). The molecule has 7 nitrogen and oxygen atoms in total. The molecule has 1 aliphatic carbocycles. The Labute approximate surface area is 222 Å². The van der Waals surface area contributed by atoms with Crippen molar-refractivity contribution in [3.8, 4) is 11.5 Å². The van der Waals surface area contributed by atoms with Gasteiger partial charge in [0.25, 0.3) is 0 Å². The molecule has 2 aromatic carbocycles. The van der Waals surface area contributed by atoms with Crippen LogP contribution >= 0.6 is 15.9 Å². The van der Waals surface area contributed by atoms with Gasteiger partial charge in [0.05, 0.1) is 14.2 Å². The van der Waals surface area contributed by atoms with E-state index in [1.807, 2.05) is 30.3 Å². The maximum absolute atomic E-state index is 12.9. The summed E-state index contributed by atoms with van der Waals surface area (Å²) >= 11 is 3.47.